The third-order valence-corrected chi connectivity index (χ3v) is 0.333. The molecule has 1 aliphatic heterocycles. The minimum absolute atomic E-state index is 0. The summed E-state index contributed by atoms with van der Waals surface area (Å²) in [6, 6.07) is 0. The van der Waals surface area contributed by atoms with E-state index in [4.69, 9.17) is 0 Å². The van der Waals surface area contributed by atoms with Crippen molar-refractivity contribution in [3.63, 3.8) is 0 Å². The quantitative estimate of drug-likeness (QED) is 0.452. The maximum Gasteiger partial charge on any atom is 0.457 e. The molecule has 7 heavy (non-hydrogen) atoms. The molecule has 0 aliphatic carbocycles. The van der Waals surface area contributed by atoms with Gasteiger partial charge in [0.05, 0.1) is 0 Å². The van der Waals surface area contributed by atoms with E-state index in [1.807, 2.05) is 0 Å². The van der Waals surface area contributed by atoms with Gasteiger partial charge in [0, 0.05) is 48.9 Å². The van der Waals surface area contributed by atoms with Crippen molar-refractivity contribution in [3.05, 3.63) is 0 Å². The summed E-state index contributed by atoms with van der Waals surface area (Å²) in [4.78, 5) is 0. The summed E-state index contributed by atoms with van der Waals surface area (Å²) in [5.74, 6) is 0. The molecule has 0 spiro atoms. The van der Waals surface area contributed by atoms with Gasteiger partial charge >= 0.3 is 23.1 Å². The van der Waals surface area contributed by atoms with E-state index in [1.165, 1.54) is 0 Å². The predicted octanol–water partition coefficient (Wildman–Crippen LogP) is -1.73. The van der Waals surface area contributed by atoms with Crippen LogP contribution in [0.1, 0.15) is 0 Å². The maximum atomic E-state index is 4.34. The molecule has 1 aliphatic rings. The fourth-order valence-electron chi connectivity index (χ4n) is 0.164. The molecule has 0 saturated carbocycles. The van der Waals surface area contributed by atoms with E-state index in [2.05, 4.69) is 13.7 Å². The van der Waals surface area contributed by atoms with E-state index in [0.29, 0.717) is 0 Å². The van der Waals surface area contributed by atoms with E-state index in [0.717, 1.165) is 23.1 Å². The number of hydrogen-bond acceptors (Lipinski definition) is 3. The van der Waals surface area contributed by atoms with Crippen LogP contribution in [0.15, 0.2) is 0 Å². The van der Waals surface area contributed by atoms with Crippen molar-refractivity contribution < 1.29 is 13.7 Å². The summed E-state index contributed by atoms with van der Waals surface area (Å²) < 4.78 is 13.0. The molecule has 7 heteroatoms. The molecule has 1 heterocycles. The normalized spacial score (nSPS) is 17.1. The summed E-state index contributed by atoms with van der Waals surface area (Å²) in [5.41, 5.74) is 0. The minimum atomic E-state index is 0. The van der Waals surface area contributed by atoms with Gasteiger partial charge < -0.3 is 13.7 Å². The first-order valence-corrected chi connectivity index (χ1v) is 1.41. The van der Waals surface area contributed by atoms with Crippen molar-refractivity contribution in [1.29, 1.82) is 0 Å². The van der Waals surface area contributed by atoms with Gasteiger partial charge in [0.25, 0.3) is 0 Å². The Hall–Kier alpha value is 1.65. The molecule has 0 amide bonds. The van der Waals surface area contributed by atoms with Crippen LogP contribution in [-0.2, 0) is 13.7 Å². The van der Waals surface area contributed by atoms with Crippen LogP contribution >= 0.6 is 0 Å². The van der Waals surface area contributed by atoms with E-state index < -0.39 is 0 Å². The summed E-state index contributed by atoms with van der Waals surface area (Å²) in [5, 5.41) is 0. The van der Waals surface area contributed by atoms with E-state index in [9.17, 15) is 0 Å². The molecule has 1 fully saturated rings. The fourth-order valence-corrected chi connectivity index (χ4v) is 0.164. The Morgan fingerprint density at radius 3 is 1.14 bits per heavy atom. The summed E-state index contributed by atoms with van der Waals surface area (Å²) >= 11 is 0. The fraction of sp³-hybridized carbons (Fsp3) is 0. The summed E-state index contributed by atoms with van der Waals surface area (Å²) in [6.07, 6.45) is 0. The smallest absolute Gasteiger partial charge is 0.457 e. The molecule has 5 radical (unpaired) electrons. The van der Waals surface area contributed by atoms with Gasteiger partial charge in [-0.3, -0.25) is 0 Å². The van der Waals surface area contributed by atoms with Crippen molar-refractivity contribution in [3.8, 4) is 0 Å². The second-order valence-corrected chi connectivity index (χ2v) is 0.697. The Morgan fingerprint density at radius 2 is 1.00 bits per heavy atom. The molecule has 0 unspecified atom stereocenters. The Bertz CT molecular complexity index is 25.7. The van der Waals surface area contributed by atoms with Gasteiger partial charge in [0.2, 0.25) is 0 Å². The molecule has 1 rings (SSSR count). The van der Waals surface area contributed by atoms with Gasteiger partial charge in [-0.1, -0.05) is 0 Å². The van der Waals surface area contributed by atoms with Gasteiger partial charge in [-0.15, -0.1) is 0 Å². The van der Waals surface area contributed by atoms with E-state index in [1.54, 1.807) is 0 Å². The van der Waals surface area contributed by atoms with Gasteiger partial charge in [0.15, 0.2) is 0 Å². The van der Waals surface area contributed by atoms with Crippen LogP contribution in [0.25, 0.3) is 0 Å². The summed E-state index contributed by atoms with van der Waals surface area (Å²) in [6.45, 7) is 0. The molecular formula is B3BaO3. The molecule has 0 bridgehead atoms. The Morgan fingerprint density at radius 1 is 0.714 bits per heavy atom. The Labute approximate surface area is 84.5 Å². The largest absolute Gasteiger partial charge is 0.457 e. The molecule has 0 atom stereocenters. The molecule has 0 aromatic rings. The standard InChI is InChI=1S/B3O3.Ba/c1-4-2-6-3-5-1;. The molecule has 1 saturated heterocycles. The van der Waals surface area contributed by atoms with Crippen molar-refractivity contribution >= 4 is 71.9 Å². The second-order valence-electron chi connectivity index (χ2n) is 0.697. The first kappa shape index (κ1) is 8.65. The van der Waals surface area contributed by atoms with Crippen LogP contribution < -0.4 is 0 Å². The first-order chi connectivity index (χ1) is 3.00. The van der Waals surface area contributed by atoms with Crippen LogP contribution in [0, 0.1) is 0 Å². The van der Waals surface area contributed by atoms with Crippen LogP contribution in [0.2, 0.25) is 0 Å². The monoisotopic (exact) mass is 219 g/mol. The van der Waals surface area contributed by atoms with Gasteiger partial charge in [-0.25, -0.2) is 0 Å². The predicted molar refractivity (Wildman–Crippen MR) is 26.3 cm³/mol. The maximum absolute atomic E-state index is 4.34. The Balaban J connectivity index is 0.000000360. The van der Waals surface area contributed by atoms with Crippen molar-refractivity contribution in [2.75, 3.05) is 0 Å². The molecule has 3 nitrogen and oxygen atoms in total. The van der Waals surface area contributed by atoms with Gasteiger partial charge in [-0.2, -0.15) is 0 Å². The van der Waals surface area contributed by atoms with Crippen LogP contribution in [0.3, 0.4) is 0 Å². The topological polar surface area (TPSA) is 27.7 Å². The summed E-state index contributed by atoms with van der Waals surface area (Å²) in [7, 11) is 3.47. The average molecular weight is 218 g/mol. The minimum Gasteiger partial charge on any atom is -0.457 e. The number of hydrogen-bond donors (Lipinski definition) is 0. The molecule has 29 valence electrons. The Kier molecular flexibility index (Phi) is 7.14. The third-order valence-electron chi connectivity index (χ3n) is 0.333. The zero-order valence-corrected chi connectivity index (χ0v) is 8.10. The zero-order valence-electron chi connectivity index (χ0n) is 3.66. The van der Waals surface area contributed by atoms with E-state index in [-0.39, 0.29) is 48.9 Å². The van der Waals surface area contributed by atoms with Gasteiger partial charge in [0.1, 0.15) is 0 Å². The van der Waals surface area contributed by atoms with Crippen LogP contribution in [0.5, 0.6) is 0 Å². The van der Waals surface area contributed by atoms with Gasteiger partial charge in [-0.05, 0) is 0 Å². The van der Waals surface area contributed by atoms with Crippen LogP contribution in [-0.4, -0.2) is 71.9 Å². The van der Waals surface area contributed by atoms with Crippen molar-refractivity contribution in [2.24, 2.45) is 0 Å². The van der Waals surface area contributed by atoms with Crippen molar-refractivity contribution in [1.82, 2.24) is 0 Å². The van der Waals surface area contributed by atoms with Crippen molar-refractivity contribution in [2.45, 2.75) is 0 Å². The van der Waals surface area contributed by atoms with E-state index >= 15 is 0 Å². The SMILES string of the molecule is [B]1O[B]O[B]O1.[Ba]. The van der Waals surface area contributed by atoms with Crippen LogP contribution in [0.4, 0.5) is 0 Å². The average Bonchev–Trinajstić information content (AvgIpc) is 1.72. The zero-order chi connectivity index (χ0) is 4.24. The molecule has 0 aromatic heterocycles. The molecule has 0 N–H and O–H groups in total. The number of rotatable bonds is 0. The first-order valence-electron chi connectivity index (χ1n) is 1.41. The second kappa shape index (κ2) is 5.78. The molecular weight excluding hydrogens is 218 g/mol. The molecule has 0 aromatic carbocycles. The third kappa shape index (κ3) is 4.17.